The van der Waals surface area contributed by atoms with Crippen LogP contribution in [0.3, 0.4) is 0 Å². The molecule has 0 amide bonds. The third-order valence-corrected chi connectivity index (χ3v) is 13.2. The SMILES string of the molecule is CCCCCN(c1nc(NCCO)nc(N(CCCCC)C2CC(C)(C)N(OC3CCCCC3)C(C)(C)C2)n1)C1CC(C)(C)N(OC2CCCCC2)C(C)(C)C1. The van der Waals surface area contributed by atoms with Crippen LogP contribution in [-0.2, 0) is 9.68 Å². The quantitative estimate of drug-likeness (QED) is 0.131. The van der Waals surface area contributed by atoms with Crippen LogP contribution in [0.15, 0.2) is 0 Å². The maximum absolute atomic E-state index is 9.91. The smallest absolute Gasteiger partial charge is 0.232 e. The Balaban J connectivity index is 1.50. The topological polar surface area (TPSA) is 102 Å². The second-order valence-corrected chi connectivity index (χ2v) is 20.4. The Morgan fingerprint density at radius 1 is 0.589 bits per heavy atom. The molecular weight excluding hydrogens is 701 g/mol. The molecule has 322 valence electrons. The summed E-state index contributed by atoms with van der Waals surface area (Å²) in [4.78, 5) is 34.7. The number of aromatic nitrogens is 3. The lowest BCUT2D eigenvalue weighted by Crippen LogP contribution is -2.65. The minimum atomic E-state index is -0.169. The minimum absolute atomic E-state index is 0.0143. The molecule has 1 aromatic heterocycles. The first-order chi connectivity index (χ1) is 26.6. The van der Waals surface area contributed by atoms with Crippen molar-refractivity contribution in [3.05, 3.63) is 0 Å². The van der Waals surface area contributed by atoms with E-state index in [1.807, 2.05) is 0 Å². The van der Waals surface area contributed by atoms with Crippen molar-refractivity contribution >= 4 is 17.8 Å². The van der Waals surface area contributed by atoms with Gasteiger partial charge in [0.25, 0.3) is 0 Å². The molecule has 56 heavy (non-hydrogen) atoms. The fourth-order valence-corrected chi connectivity index (χ4v) is 10.9. The van der Waals surface area contributed by atoms with Crippen molar-refractivity contribution in [3.63, 3.8) is 0 Å². The van der Waals surface area contributed by atoms with Gasteiger partial charge in [-0.3, -0.25) is 9.68 Å². The number of hydrogen-bond acceptors (Lipinski definition) is 11. The molecule has 11 heteroatoms. The van der Waals surface area contributed by atoms with Gasteiger partial charge in [0.05, 0.1) is 18.8 Å². The van der Waals surface area contributed by atoms with Crippen molar-refractivity contribution in [2.24, 2.45) is 0 Å². The summed E-state index contributed by atoms with van der Waals surface area (Å²) in [6, 6.07) is 0.464. The maximum Gasteiger partial charge on any atom is 0.232 e. The molecule has 2 aliphatic carbocycles. The van der Waals surface area contributed by atoms with E-state index in [0.717, 1.165) is 115 Å². The number of nitrogens with one attached hydrogen (secondary N) is 1. The largest absolute Gasteiger partial charge is 0.395 e. The molecule has 0 bridgehead atoms. The molecule has 2 aliphatic heterocycles. The standard InChI is InChI=1S/C45H84N8O3/c1-11-13-21-28-50(35-31-42(3,4)52(43(5,6)32-35)55-37-23-17-15-18-24-37)40-47-39(46-27-30-54)48-41(49-40)51(29-22-14-12-2)36-33-44(7,8)53(45(9,10)34-36)56-38-25-19-16-20-26-38/h35-38,54H,11-34H2,1-10H3,(H,46,47,48,49). The van der Waals surface area contributed by atoms with Gasteiger partial charge in [-0.1, -0.05) is 78.1 Å². The lowest BCUT2D eigenvalue weighted by atomic mass is 9.78. The summed E-state index contributed by atoms with van der Waals surface area (Å²) >= 11 is 0. The number of hydrogen-bond donors (Lipinski definition) is 2. The number of unbranched alkanes of at least 4 members (excludes halogenated alkanes) is 4. The summed E-state index contributed by atoms with van der Waals surface area (Å²) in [6.45, 7) is 25.7. The van der Waals surface area contributed by atoms with E-state index in [9.17, 15) is 5.11 Å². The average Bonchev–Trinajstić information content (AvgIpc) is 3.14. The summed E-state index contributed by atoms with van der Waals surface area (Å²) in [7, 11) is 0. The molecule has 11 nitrogen and oxygen atoms in total. The second-order valence-electron chi connectivity index (χ2n) is 20.4. The van der Waals surface area contributed by atoms with Crippen LogP contribution >= 0.6 is 0 Å². The zero-order chi connectivity index (χ0) is 40.6. The fraction of sp³-hybridized carbons (Fsp3) is 0.933. The van der Waals surface area contributed by atoms with Crippen LogP contribution in [-0.4, -0.2) is 103 Å². The van der Waals surface area contributed by atoms with Crippen molar-refractivity contribution in [2.45, 2.75) is 244 Å². The van der Waals surface area contributed by atoms with Crippen LogP contribution in [0.2, 0.25) is 0 Å². The molecule has 0 unspecified atom stereocenters. The molecule has 0 radical (unpaired) electrons. The predicted octanol–water partition coefficient (Wildman–Crippen LogP) is 9.84. The van der Waals surface area contributed by atoms with Crippen molar-refractivity contribution in [1.82, 2.24) is 25.1 Å². The van der Waals surface area contributed by atoms with Crippen LogP contribution < -0.4 is 15.1 Å². The van der Waals surface area contributed by atoms with Gasteiger partial charge < -0.3 is 20.2 Å². The molecule has 0 atom stereocenters. The molecule has 5 rings (SSSR count). The van der Waals surface area contributed by atoms with Crippen LogP contribution in [0.25, 0.3) is 0 Å². The van der Waals surface area contributed by atoms with Crippen LogP contribution in [0.1, 0.15) is 198 Å². The molecule has 0 spiro atoms. The summed E-state index contributed by atoms with van der Waals surface area (Å²) in [6.07, 6.45) is 23.6. The molecule has 4 aliphatic rings. The average molecular weight is 785 g/mol. The van der Waals surface area contributed by atoms with E-state index < -0.39 is 0 Å². The van der Waals surface area contributed by atoms with E-state index in [4.69, 9.17) is 24.6 Å². The Hall–Kier alpha value is -1.79. The number of aliphatic hydroxyl groups is 1. The molecule has 0 aromatic carbocycles. The van der Waals surface area contributed by atoms with Gasteiger partial charge in [-0.25, -0.2) is 0 Å². The van der Waals surface area contributed by atoms with E-state index >= 15 is 0 Å². The lowest BCUT2D eigenvalue weighted by Gasteiger charge is -2.57. The normalized spacial score (nSPS) is 24.0. The number of aliphatic hydroxyl groups excluding tert-OH is 1. The first-order valence-electron chi connectivity index (χ1n) is 23.2. The Morgan fingerprint density at radius 2 is 0.964 bits per heavy atom. The van der Waals surface area contributed by atoms with E-state index in [2.05, 4.69) is 94.5 Å². The molecule has 2 saturated carbocycles. The Bertz CT molecular complexity index is 1200. The highest BCUT2D eigenvalue weighted by atomic mass is 16.7. The Morgan fingerprint density at radius 3 is 1.30 bits per heavy atom. The second kappa shape index (κ2) is 20.0. The van der Waals surface area contributed by atoms with Crippen LogP contribution in [0, 0.1) is 0 Å². The van der Waals surface area contributed by atoms with Gasteiger partial charge in [0.15, 0.2) is 0 Å². The van der Waals surface area contributed by atoms with E-state index in [-0.39, 0.29) is 40.8 Å². The van der Waals surface area contributed by atoms with Gasteiger partial charge in [0.2, 0.25) is 17.8 Å². The number of hydroxylamine groups is 4. The minimum Gasteiger partial charge on any atom is -0.395 e. The van der Waals surface area contributed by atoms with Crippen molar-refractivity contribution in [1.29, 1.82) is 0 Å². The molecule has 3 heterocycles. The molecule has 2 saturated heterocycles. The summed E-state index contributed by atoms with van der Waals surface area (Å²) in [5.41, 5.74) is -0.676. The van der Waals surface area contributed by atoms with Gasteiger partial charge in [-0.15, -0.1) is 0 Å². The highest BCUT2D eigenvalue weighted by Crippen LogP contribution is 2.45. The zero-order valence-corrected chi connectivity index (χ0v) is 37.7. The zero-order valence-electron chi connectivity index (χ0n) is 37.7. The van der Waals surface area contributed by atoms with Crippen LogP contribution in [0.5, 0.6) is 0 Å². The third kappa shape index (κ3) is 11.7. The Labute approximate surface area is 342 Å². The monoisotopic (exact) mass is 785 g/mol. The van der Waals surface area contributed by atoms with Gasteiger partial charge >= 0.3 is 0 Å². The predicted molar refractivity (Wildman–Crippen MR) is 231 cm³/mol. The van der Waals surface area contributed by atoms with Gasteiger partial charge in [-0.2, -0.15) is 25.1 Å². The van der Waals surface area contributed by atoms with Crippen molar-refractivity contribution < 1.29 is 14.8 Å². The number of piperidine rings is 2. The fourth-order valence-electron chi connectivity index (χ4n) is 10.9. The molecule has 2 N–H and O–H groups in total. The Kier molecular flexibility index (Phi) is 16.2. The summed E-state index contributed by atoms with van der Waals surface area (Å²) in [5.74, 6) is 2.05. The number of anilines is 3. The van der Waals surface area contributed by atoms with Gasteiger partial charge in [-0.05, 0) is 120 Å². The van der Waals surface area contributed by atoms with E-state index in [1.54, 1.807) is 0 Å². The van der Waals surface area contributed by atoms with Crippen molar-refractivity contribution in [2.75, 3.05) is 41.4 Å². The first-order valence-corrected chi connectivity index (χ1v) is 23.2. The van der Waals surface area contributed by atoms with E-state index in [0.29, 0.717) is 24.7 Å². The van der Waals surface area contributed by atoms with E-state index in [1.165, 1.54) is 38.5 Å². The molecular formula is C45H84N8O3. The summed E-state index contributed by atoms with van der Waals surface area (Å²) in [5, 5.41) is 18.0. The summed E-state index contributed by atoms with van der Waals surface area (Å²) < 4.78 is 0. The number of rotatable bonds is 19. The maximum atomic E-state index is 9.91. The number of nitrogens with zero attached hydrogens (tertiary/aromatic N) is 7. The molecule has 1 aromatic rings. The lowest BCUT2D eigenvalue weighted by molar-refractivity contribution is -0.310. The highest BCUT2D eigenvalue weighted by Gasteiger charge is 2.51. The van der Waals surface area contributed by atoms with Crippen molar-refractivity contribution in [3.8, 4) is 0 Å². The third-order valence-electron chi connectivity index (χ3n) is 13.2. The van der Waals surface area contributed by atoms with Crippen LogP contribution in [0.4, 0.5) is 17.8 Å². The van der Waals surface area contributed by atoms with Gasteiger partial charge in [0, 0.05) is 53.9 Å². The van der Waals surface area contributed by atoms with Gasteiger partial charge in [0.1, 0.15) is 0 Å². The first kappa shape index (κ1) is 45.3. The molecule has 4 fully saturated rings. The highest BCUT2D eigenvalue weighted by molar-refractivity contribution is 5.47.